The van der Waals surface area contributed by atoms with Crippen LogP contribution in [0.15, 0.2) is 35.4 Å². The summed E-state index contributed by atoms with van der Waals surface area (Å²) in [4.78, 5) is 26.0. The minimum atomic E-state index is -1.12. The van der Waals surface area contributed by atoms with Crippen molar-refractivity contribution in [3.63, 3.8) is 0 Å². The van der Waals surface area contributed by atoms with E-state index in [2.05, 4.69) is 19.5 Å². The summed E-state index contributed by atoms with van der Waals surface area (Å²) < 4.78 is 9.15. The molecule has 1 unspecified atom stereocenters. The number of azide groups is 1. The van der Waals surface area contributed by atoms with E-state index < -0.39 is 23.9 Å². The van der Waals surface area contributed by atoms with Gasteiger partial charge in [0.1, 0.15) is 0 Å². The zero-order valence-corrected chi connectivity index (χ0v) is 11.2. The number of hydrogen-bond donors (Lipinski definition) is 0. The molecule has 0 aliphatic heterocycles. The maximum absolute atomic E-state index is 11.6. The standard InChI is InChI=1S/C13H15N3O4/c1-19-12(17)10(13(18)20-2)8-11(15-16-14)9-6-4-3-5-7-9/h3-7,10-11H,8H2,1-2H3. The number of carbonyl (C=O) groups is 2. The normalized spacial score (nSPS) is 11.3. The molecule has 1 rings (SSSR count). The van der Waals surface area contributed by atoms with E-state index >= 15 is 0 Å². The highest BCUT2D eigenvalue weighted by Crippen LogP contribution is 2.26. The Morgan fingerprint density at radius 2 is 1.75 bits per heavy atom. The zero-order valence-electron chi connectivity index (χ0n) is 11.2. The molecule has 0 heterocycles. The van der Waals surface area contributed by atoms with Gasteiger partial charge in [0.25, 0.3) is 0 Å². The molecule has 1 atom stereocenters. The van der Waals surface area contributed by atoms with Crippen molar-refractivity contribution < 1.29 is 19.1 Å². The summed E-state index contributed by atoms with van der Waals surface area (Å²) >= 11 is 0. The van der Waals surface area contributed by atoms with Crippen LogP contribution in [0.4, 0.5) is 0 Å². The summed E-state index contributed by atoms with van der Waals surface area (Å²) in [5, 5.41) is 3.63. The van der Waals surface area contributed by atoms with Crippen LogP contribution in [-0.4, -0.2) is 26.2 Å². The fourth-order valence-corrected chi connectivity index (χ4v) is 1.78. The first kappa shape index (κ1) is 15.5. The molecule has 20 heavy (non-hydrogen) atoms. The predicted molar refractivity (Wildman–Crippen MR) is 70.5 cm³/mol. The van der Waals surface area contributed by atoms with Crippen LogP contribution in [0.1, 0.15) is 18.0 Å². The fraction of sp³-hybridized carbons (Fsp3) is 0.385. The smallest absolute Gasteiger partial charge is 0.320 e. The number of carbonyl (C=O) groups excluding carboxylic acids is 2. The van der Waals surface area contributed by atoms with Gasteiger partial charge >= 0.3 is 11.9 Å². The third-order valence-electron chi connectivity index (χ3n) is 2.81. The number of nitrogens with zero attached hydrogens (tertiary/aromatic N) is 3. The SMILES string of the molecule is COC(=O)C(CC(N=[N+]=[N-])c1ccccc1)C(=O)OC. The van der Waals surface area contributed by atoms with Crippen molar-refractivity contribution in [3.05, 3.63) is 46.3 Å². The highest BCUT2D eigenvalue weighted by Gasteiger charge is 2.31. The molecule has 1 aromatic rings. The van der Waals surface area contributed by atoms with E-state index in [1.54, 1.807) is 24.3 Å². The Labute approximate surface area is 116 Å². The molecule has 106 valence electrons. The predicted octanol–water partition coefficient (Wildman–Crippen LogP) is 2.39. The van der Waals surface area contributed by atoms with Crippen molar-refractivity contribution in [1.29, 1.82) is 0 Å². The van der Waals surface area contributed by atoms with Crippen molar-refractivity contribution in [2.45, 2.75) is 12.5 Å². The van der Waals surface area contributed by atoms with Gasteiger partial charge in [0, 0.05) is 4.91 Å². The van der Waals surface area contributed by atoms with Gasteiger partial charge in [-0.3, -0.25) is 9.59 Å². The number of hydrogen-bond acceptors (Lipinski definition) is 5. The van der Waals surface area contributed by atoms with E-state index in [-0.39, 0.29) is 6.42 Å². The van der Waals surface area contributed by atoms with Crippen LogP contribution in [0.5, 0.6) is 0 Å². The molecule has 0 aromatic heterocycles. The maximum Gasteiger partial charge on any atom is 0.320 e. The van der Waals surface area contributed by atoms with Gasteiger partial charge in [-0.05, 0) is 17.5 Å². The second-order valence-electron chi connectivity index (χ2n) is 3.97. The molecule has 0 spiro atoms. The van der Waals surface area contributed by atoms with Crippen molar-refractivity contribution in [2.75, 3.05) is 14.2 Å². The summed E-state index contributed by atoms with van der Waals surface area (Å²) in [5.41, 5.74) is 9.34. The highest BCUT2D eigenvalue weighted by atomic mass is 16.5. The largest absolute Gasteiger partial charge is 0.468 e. The molecule has 0 fully saturated rings. The molecule has 0 aliphatic carbocycles. The van der Waals surface area contributed by atoms with Crippen LogP contribution in [-0.2, 0) is 19.1 Å². The van der Waals surface area contributed by atoms with Crippen molar-refractivity contribution in [3.8, 4) is 0 Å². The zero-order chi connectivity index (χ0) is 15.0. The van der Waals surface area contributed by atoms with Gasteiger partial charge in [0.05, 0.1) is 20.3 Å². The summed E-state index contributed by atoms with van der Waals surface area (Å²) in [5.74, 6) is -2.56. The molecule has 7 heteroatoms. The van der Waals surface area contributed by atoms with Gasteiger partial charge < -0.3 is 9.47 Å². The Morgan fingerprint density at radius 3 is 2.20 bits per heavy atom. The Bertz CT molecular complexity index is 496. The molecule has 0 saturated heterocycles. The van der Waals surface area contributed by atoms with Crippen molar-refractivity contribution in [1.82, 2.24) is 0 Å². The van der Waals surface area contributed by atoms with Crippen LogP contribution in [0.3, 0.4) is 0 Å². The fourth-order valence-electron chi connectivity index (χ4n) is 1.78. The van der Waals surface area contributed by atoms with E-state index in [9.17, 15) is 9.59 Å². The lowest BCUT2D eigenvalue weighted by molar-refractivity contribution is -0.159. The summed E-state index contributed by atoms with van der Waals surface area (Å²) in [6.07, 6.45) is -0.00653. The second-order valence-corrected chi connectivity index (χ2v) is 3.97. The van der Waals surface area contributed by atoms with Crippen molar-refractivity contribution in [2.24, 2.45) is 11.0 Å². The summed E-state index contributed by atoms with van der Waals surface area (Å²) in [6, 6.07) is 8.23. The third kappa shape index (κ3) is 4.00. The lowest BCUT2D eigenvalue weighted by Crippen LogP contribution is -2.28. The van der Waals surface area contributed by atoms with Crippen LogP contribution >= 0.6 is 0 Å². The molecule has 0 radical (unpaired) electrons. The molecule has 0 saturated carbocycles. The first-order chi connectivity index (χ1) is 9.63. The number of rotatable bonds is 6. The van der Waals surface area contributed by atoms with Gasteiger partial charge in [0.2, 0.25) is 0 Å². The first-order valence-corrected chi connectivity index (χ1v) is 5.88. The molecule has 0 aliphatic rings. The van der Waals surface area contributed by atoms with Gasteiger partial charge in [-0.2, -0.15) is 0 Å². The summed E-state index contributed by atoms with van der Waals surface area (Å²) in [6.45, 7) is 0. The Hall–Kier alpha value is -2.53. The quantitative estimate of drug-likeness (QED) is 0.262. The van der Waals surface area contributed by atoms with Crippen LogP contribution in [0.25, 0.3) is 10.4 Å². The van der Waals surface area contributed by atoms with Gasteiger partial charge in [-0.25, -0.2) is 0 Å². The summed E-state index contributed by atoms with van der Waals surface area (Å²) in [7, 11) is 2.37. The lowest BCUT2D eigenvalue weighted by Gasteiger charge is -2.17. The Morgan fingerprint density at radius 1 is 1.20 bits per heavy atom. The molecule has 0 amide bonds. The van der Waals surface area contributed by atoms with E-state index in [1.165, 1.54) is 14.2 Å². The lowest BCUT2D eigenvalue weighted by atomic mass is 9.95. The van der Waals surface area contributed by atoms with E-state index in [1.807, 2.05) is 6.07 Å². The number of ether oxygens (including phenoxy) is 2. The van der Waals surface area contributed by atoms with E-state index in [4.69, 9.17) is 5.53 Å². The first-order valence-electron chi connectivity index (χ1n) is 5.88. The number of methoxy groups -OCH3 is 2. The molecular weight excluding hydrogens is 262 g/mol. The second kappa shape index (κ2) is 7.81. The van der Waals surface area contributed by atoms with Crippen LogP contribution < -0.4 is 0 Å². The molecule has 7 nitrogen and oxygen atoms in total. The highest BCUT2D eigenvalue weighted by molar-refractivity contribution is 5.94. The monoisotopic (exact) mass is 277 g/mol. The Balaban J connectivity index is 3.00. The topological polar surface area (TPSA) is 101 Å². The number of esters is 2. The number of benzene rings is 1. The van der Waals surface area contributed by atoms with E-state index in [0.717, 1.165) is 0 Å². The average Bonchev–Trinajstić information content (AvgIpc) is 2.50. The van der Waals surface area contributed by atoms with Gasteiger partial charge in [-0.15, -0.1) is 0 Å². The molecule has 0 bridgehead atoms. The van der Waals surface area contributed by atoms with Crippen LogP contribution in [0, 0.1) is 5.92 Å². The average molecular weight is 277 g/mol. The van der Waals surface area contributed by atoms with Gasteiger partial charge in [0.15, 0.2) is 5.92 Å². The van der Waals surface area contributed by atoms with Crippen molar-refractivity contribution >= 4 is 11.9 Å². The molecule has 1 aromatic carbocycles. The van der Waals surface area contributed by atoms with Gasteiger partial charge in [-0.1, -0.05) is 35.4 Å². The van der Waals surface area contributed by atoms with E-state index in [0.29, 0.717) is 5.56 Å². The van der Waals surface area contributed by atoms with Crippen LogP contribution in [0.2, 0.25) is 0 Å². The Kier molecular flexibility index (Phi) is 6.06. The maximum atomic E-state index is 11.6. The minimum absolute atomic E-state index is 0.00653. The minimum Gasteiger partial charge on any atom is -0.468 e. The third-order valence-corrected chi connectivity index (χ3v) is 2.81. The molecular formula is C13H15N3O4. The molecule has 0 N–H and O–H groups in total.